The second-order valence-electron chi connectivity index (χ2n) is 10.4. The van der Waals surface area contributed by atoms with Crippen molar-refractivity contribution in [2.45, 2.75) is 81.3 Å². The average Bonchev–Trinajstić information content (AvgIpc) is 3.21. The summed E-state index contributed by atoms with van der Waals surface area (Å²) < 4.78 is 22.8. The molecule has 0 unspecified atom stereocenters. The van der Waals surface area contributed by atoms with E-state index in [-0.39, 0.29) is 12.5 Å². The highest BCUT2D eigenvalue weighted by Gasteiger charge is 2.53. The summed E-state index contributed by atoms with van der Waals surface area (Å²) in [6.07, 6.45) is -8.12. The first-order chi connectivity index (χ1) is 20.4. The molecule has 2 saturated heterocycles. The minimum Gasteiger partial charge on any atom is -0.459 e. The fourth-order valence-corrected chi connectivity index (χ4v) is 5.20. The Kier molecular flexibility index (Phi) is 9.97. The van der Waals surface area contributed by atoms with Gasteiger partial charge in [-0.1, -0.05) is 0 Å². The first-order valence-corrected chi connectivity index (χ1v) is 13.4. The lowest BCUT2D eigenvalue weighted by atomic mass is 9.94. The topological polar surface area (TPSA) is 271 Å². The molecule has 0 bridgehead atoms. The van der Waals surface area contributed by atoms with E-state index in [9.17, 15) is 44.1 Å². The summed E-state index contributed by atoms with van der Waals surface area (Å²) in [6.45, 7) is 1.07. The molecular weight excluding hydrogens is 578 g/mol. The normalized spacial score (nSPS) is 33.3. The van der Waals surface area contributed by atoms with E-state index < -0.39 is 96.3 Å². The van der Waals surface area contributed by atoms with E-state index in [1.807, 2.05) is 11.9 Å². The largest absolute Gasteiger partial charge is 0.459 e. The van der Waals surface area contributed by atoms with Crippen molar-refractivity contribution in [3.05, 3.63) is 44.9 Å². The van der Waals surface area contributed by atoms with Crippen LogP contribution in [0.3, 0.4) is 0 Å². The zero-order valence-electron chi connectivity index (χ0n) is 22.9. The Bertz CT molecular complexity index is 1360. The summed E-state index contributed by atoms with van der Waals surface area (Å²) in [7, 11) is 0. The van der Waals surface area contributed by atoms with E-state index >= 15 is 0 Å². The van der Waals surface area contributed by atoms with Gasteiger partial charge in [-0.15, -0.1) is 0 Å². The summed E-state index contributed by atoms with van der Waals surface area (Å²) in [5, 5.41) is 36.4. The van der Waals surface area contributed by atoms with Crippen molar-refractivity contribution in [2.24, 2.45) is 11.7 Å². The van der Waals surface area contributed by atoms with E-state index in [4.69, 9.17) is 24.7 Å². The van der Waals surface area contributed by atoms with Gasteiger partial charge in [0.1, 0.15) is 24.4 Å². The average molecular weight is 612 g/mol. The Hall–Kier alpha value is -4.10. The number of carbonyl (C=O) groups is 4. The lowest BCUT2D eigenvalue weighted by molar-refractivity contribution is -0.239. The summed E-state index contributed by atoms with van der Waals surface area (Å²) in [5.74, 6) is -4.30. The second kappa shape index (κ2) is 13.5. The number of rotatable bonds is 10. The second-order valence-corrected chi connectivity index (χ2v) is 10.4. The fourth-order valence-electron chi connectivity index (χ4n) is 5.20. The number of aliphatic hydroxyl groups is 3. The summed E-state index contributed by atoms with van der Waals surface area (Å²) in [5.41, 5.74) is 3.86. The van der Waals surface area contributed by atoms with Gasteiger partial charge in [-0.2, -0.15) is 0 Å². The monoisotopic (exact) mass is 611 g/mol. The van der Waals surface area contributed by atoms with Gasteiger partial charge in [-0.05, 0) is 32.3 Å². The number of hydrogen-bond acceptors (Lipinski definition) is 13. The van der Waals surface area contributed by atoms with Gasteiger partial charge < -0.3 is 50.6 Å². The van der Waals surface area contributed by atoms with E-state index in [0.29, 0.717) is 19.3 Å². The molecular formula is C25H33N5O13. The number of hydrogen-bond donors (Lipinski definition) is 7. The Labute approximate surface area is 242 Å². The van der Waals surface area contributed by atoms with Crippen molar-refractivity contribution in [1.29, 1.82) is 0 Å². The van der Waals surface area contributed by atoms with Crippen LogP contribution in [-0.4, -0.2) is 105 Å². The van der Waals surface area contributed by atoms with Gasteiger partial charge in [0.05, 0.1) is 12.5 Å². The van der Waals surface area contributed by atoms with E-state index in [0.717, 1.165) is 22.9 Å². The third-order valence-electron chi connectivity index (χ3n) is 7.39. The highest BCUT2D eigenvalue weighted by atomic mass is 16.7. The van der Waals surface area contributed by atoms with Crippen LogP contribution in [0.5, 0.6) is 0 Å². The van der Waals surface area contributed by atoms with Crippen LogP contribution in [0.15, 0.2) is 33.7 Å². The van der Waals surface area contributed by atoms with Gasteiger partial charge in [0.15, 0.2) is 24.2 Å². The number of amides is 3. The standard InChI is InChI=1S/C25H33N5O13/c1-10-3-2-4-12(21(37)27-10)28-22(38)14-7-13(33)16(35)24(41-14)43-19(20(26)36)17-11(8-31)18(40-9-32)23(42-17)30-6-5-15(34)29-25(30)39/h5-7,9-13,16-19,23-24,31,33,35H,2-4,8H2,1H3,(H2,26,36)(H,27,37)(H,28,38)(H,29,34,39)/t10-,11-,12+,13+,16+,17+,18-,19-,23-,24-/m1/s1. The molecule has 0 saturated carbocycles. The molecule has 1 aromatic heterocycles. The van der Waals surface area contributed by atoms with Crippen molar-refractivity contribution < 1.29 is 53.4 Å². The third kappa shape index (κ3) is 6.94. The molecule has 4 heterocycles. The number of ether oxygens (including phenoxy) is 4. The molecule has 1 aromatic rings. The molecule has 4 rings (SSSR count). The quantitative estimate of drug-likeness (QED) is 0.123. The van der Waals surface area contributed by atoms with Gasteiger partial charge >= 0.3 is 5.69 Å². The minimum atomic E-state index is -1.90. The van der Waals surface area contributed by atoms with Crippen molar-refractivity contribution in [2.75, 3.05) is 6.61 Å². The number of aromatic nitrogens is 2. The molecule has 0 radical (unpaired) electrons. The molecule has 0 spiro atoms. The lowest BCUT2D eigenvalue weighted by Crippen LogP contribution is -2.54. The number of aliphatic hydroxyl groups excluding tert-OH is 3. The van der Waals surface area contributed by atoms with Crippen molar-refractivity contribution in [3.8, 4) is 0 Å². The third-order valence-corrected chi connectivity index (χ3v) is 7.39. The molecule has 43 heavy (non-hydrogen) atoms. The minimum absolute atomic E-state index is 0.0260. The van der Waals surface area contributed by atoms with E-state index in [1.54, 1.807) is 0 Å². The van der Waals surface area contributed by atoms with Crippen molar-refractivity contribution >= 4 is 24.2 Å². The van der Waals surface area contributed by atoms with Crippen molar-refractivity contribution in [1.82, 2.24) is 20.2 Å². The predicted molar refractivity (Wildman–Crippen MR) is 139 cm³/mol. The lowest BCUT2D eigenvalue weighted by Gasteiger charge is -2.35. The Morgan fingerprint density at radius 1 is 1.28 bits per heavy atom. The maximum atomic E-state index is 13.0. The highest BCUT2D eigenvalue weighted by molar-refractivity contribution is 5.95. The first kappa shape index (κ1) is 31.8. The first-order valence-electron chi connectivity index (χ1n) is 13.4. The molecule has 3 aliphatic rings. The predicted octanol–water partition coefficient (Wildman–Crippen LogP) is -4.41. The summed E-state index contributed by atoms with van der Waals surface area (Å²) in [6, 6.07) is 0.00106. The van der Waals surface area contributed by atoms with Gasteiger partial charge in [-0.3, -0.25) is 33.5 Å². The van der Waals surface area contributed by atoms with Crippen LogP contribution < -0.4 is 27.6 Å². The molecule has 3 amide bonds. The zero-order valence-corrected chi connectivity index (χ0v) is 22.9. The number of carbonyl (C=O) groups excluding carboxylic acids is 4. The summed E-state index contributed by atoms with van der Waals surface area (Å²) >= 11 is 0. The van der Waals surface area contributed by atoms with E-state index in [1.165, 1.54) is 0 Å². The number of aromatic amines is 1. The van der Waals surface area contributed by atoms with Crippen molar-refractivity contribution in [3.63, 3.8) is 0 Å². The Balaban J connectivity index is 1.55. The molecule has 0 aliphatic carbocycles. The summed E-state index contributed by atoms with van der Waals surface area (Å²) in [4.78, 5) is 75.2. The smallest absolute Gasteiger partial charge is 0.330 e. The van der Waals surface area contributed by atoms with Crippen LogP contribution in [0.2, 0.25) is 0 Å². The molecule has 18 heteroatoms. The highest BCUT2D eigenvalue weighted by Crippen LogP contribution is 2.38. The molecule has 18 nitrogen and oxygen atoms in total. The Morgan fingerprint density at radius 2 is 2.02 bits per heavy atom. The molecule has 0 aromatic carbocycles. The molecule has 8 N–H and O–H groups in total. The maximum Gasteiger partial charge on any atom is 0.330 e. The number of nitrogens with two attached hydrogens (primary N) is 1. The number of H-pyrrole nitrogens is 1. The SMILES string of the molecule is C[C@@H]1CCC[C@H](NC(=O)C2=C[C@H](O)[C@H](O)[C@@H](O[C@@H](C(N)=O)[C@H]3O[C@@H](n4ccc(=O)[nH]c4=O)[C@H](OC=O)[C@@H]3CO)O2)C(=O)N1. The fraction of sp³-hybridized carbons (Fsp3) is 0.600. The maximum absolute atomic E-state index is 13.0. The molecule has 3 aliphatic heterocycles. The van der Waals surface area contributed by atoms with Crippen LogP contribution in [0.4, 0.5) is 0 Å². The van der Waals surface area contributed by atoms with Gasteiger partial charge in [-0.25, -0.2) is 4.79 Å². The number of nitrogens with zero attached hydrogens (tertiary/aromatic N) is 1. The zero-order chi connectivity index (χ0) is 31.4. The number of primary amides is 1. The van der Waals surface area contributed by atoms with Crippen LogP contribution >= 0.6 is 0 Å². The number of nitrogens with one attached hydrogen (secondary N) is 3. The van der Waals surface area contributed by atoms with Gasteiger partial charge in [0.25, 0.3) is 17.9 Å². The Morgan fingerprint density at radius 3 is 2.67 bits per heavy atom. The molecule has 10 atom stereocenters. The van der Waals surface area contributed by atoms with E-state index in [2.05, 4.69) is 10.6 Å². The van der Waals surface area contributed by atoms with Gasteiger partial charge in [0, 0.05) is 18.3 Å². The molecule has 2 fully saturated rings. The van der Waals surface area contributed by atoms with Crippen LogP contribution in [0.25, 0.3) is 0 Å². The van der Waals surface area contributed by atoms with Crippen LogP contribution in [0, 0.1) is 5.92 Å². The van der Waals surface area contributed by atoms with Crippen LogP contribution in [-0.2, 0) is 38.1 Å². The van der Waals surface area contributed by atoms with Crippen LogP contribution in [0.1, 0.15) is 32.4 Å². The molecule has 236 valence electrons. The van der Waals surface area contributed by atoms with Gasteiger partial charge in [0.2, 0.25) is 18.1 Å².